The van der Waals surface area contributed by atoms with Crippen LogP contribution in [0.3, 0.4) is 0 Å². The molecule has 0 spiro atoms. The average molecular weight is 491 g/mol. The number of nitrogens with one attached hydrogen (secondary N) is 1. The molecule has 0 bridgehead atoms. The van der Waals surface area contributed by atoms with Crippen molar-refractivity contribution in [1.82, 2.24) is 9.29 Å². The molecule has 3 aromatic rings. The van der Waals surface area contributed by atoms with Crippen LogP contribution in [0.1, 0.15) is 19.4 Å². The number of sulfonamides is 1. The standard InChI is InChI=1S/C22H23ClN4O3S2/c1-15-12-27(13-16(2)30-15)32(28,29)19-8-5-7-17(10-19)21-14-31-22(25-21)26-24-11-18-6-3-4-9-20(18)23/h3-11,14-16H,12-13H2,1-2H3,(H,25,26)/b24-11+. The van der Waals surface area contributed by atoms with Crippen LogP contribution < -0.4 is 5.43 Å². The van der Waals surface area contributed by atoms with Crippen LogP contribution in [0, 0.1) is 0 Å². The average Bonchev–Trinajstić information content (AvgIpc) is 3.23. The number of anilines is 1. The van der Waals surface area contributed by atoms with Gasteiger partial charge in [0.15, 0.2) is 0 Å². The van der Waals surface area contributed by atoms with Crippen molar-refractivity contribution in [2.75, 3.05) is 18.5 Å². The van der Waals surface area contributed by atoms with Gasteiger partial charge in [-0.05, 0) is 32.0 Å². The first-order chi connectivity index (χ1) is 15.3. The summed E-state index contributed by atoms with van der Waals surface area (Å²) in [5, 5.41) is 7.25. The van der Waals surface area contributed by atoms with Crippen molar-refractivity contribution in [3.8, 4) is 11.3 Å². The van der Waals surface area contributed by atoms with E-state index in [-0.39, 0.29) is 17.1 Å². The van der Waals surface area contributed by atoms with Crippen molar-refractivity contribution in [1.29, 1.82) is 0 Å². The fourth-order valence-corrected chi connectivity index (χ4v) is 5.98. The summed E-state index contributed by atoms with van der Waals surface area (Å²) in [6, 6.07) is 14.2. The highest BCUT2D eigenvalue weighted by Crippen LogP contribution is 2.28. The maximum absolute atomic E-state index is 13.2. The lowest BCUT2D eigenvalue weighted by Crippen LogP contribution is -2.48. The second kappa shape index (κ2) is 9.68. The first-order valence-electron chi connectivity index (χ1n) is 10.1. The number of aromatic nitrogens is 1. The number of benzene rings is 2. The van der Waals surface area contributed by atoms with Crippen LogP contribution in [0.15, 0.2) is 63.9 Å². The zero-order valence-corrected chi connectivity index (χ0v) is 20.0. The van der Waals surface area contributed by atoms with Crippen LogP contribution in [0.4, 0.5) is 5.13 Å². The second-order valence-corrected chi connectivity index (χ2v) is 10.7. The van der Waals surface area contributed by atoms with E-state index in [1.54, 1.807) is 30.5 Å². The van der Waals surface area contributed by atoms with E-state index < -0.39 is 10.0 Å². The zero-order chi connectivity index (χ0) is 22.7. The van der Waals surface area contributed by atoms with Crippen LogP contribution in [0.2, 0.25) is 5.02 Å². The van der Waals surface area contributed by atoms with Crippen LogP contribution in [-0.4, -0.2) is 49.2 Å². The molecule has 4 rings (SSSR count). The normalized spacial score (nSPS) is 20.0. The van der Waals surface area contributed by atoms with E-state index in [0.29, 0.717) is 28.9 Å². The Morgan fingerprint density at radius 2 is 1.94 bits per heavy atom. The van der Waals surface area contributed by atoms with Gasteiger partial charge in [-0.25, -0.2) is 13.4 Å². The highest BCUT2D eigenvalue weighted by Gasteiger charge is 2.32. The van der Waals surface area contributed by atoms with Gasteiger partial charge in [-0.2, -0.15) is 9.41 Å². The van der Waals surface area contributed by atoms with Gasteiger partial charge in [0.1, 0.15) is 0 Å². The molecule has 1 N–H and O–H groups in total. The van der Waals surface area contributed by atoms with E-state index in [1.807, 2.05) is 43.5 Å². The van der Waals surface area contributed by atoms with Gasteiger partial charge in [0.25, 0.3) is 0 Å². The Bertz CT molecular complexity index is 1220. The Morgan fingerprint density at radius 3 is 2.69 bits per heavy atom. The molecule has 0 radical (unpaired) electrons. The summed E-state index contributed by atoms with van der Waals surface area (Å²) >= 11 is 7.50. The predicted octanol–water partition coefficient (Wildman–Crippen LogP) is 4.71. The molecule has 32 heavy (non-hydrogen) atoms. The third-order valence-corrected chi connectivity index (χ3v) is 7.85. The van der Waals surface area contributed by atoms with Crippen molar-refractivity contribution in [3.05, 3.63) is 64.5 Å². The van der Waals surface area contributed by atoms with Crippen molar-refractivity contribution in [2.24, 2.45) is 5.10 Å². The summed E-state index contributed by atoms with van der Waals surface area (Å²) in [4.78, 5) is 4.77. The molecule has 2 heterocycles. The number of ether oxygens (including phenoxy) is 1. The van der Waals surface area contributed by atoms with E-state index in [2.05, 4.69) is 15.5 Å². The van der Waals surface area contributed by atoms with Crippen LogP contribution >= 0.6 is 22.9 Å². The predicted molar refractivity (Wildman–Crippen MR) is 129 cm³/mol. The maximum Gasteiger partial charge on any atom is 0.243 e. The van der Waals surface area contributed by atoms with E-state index in [1.165, 1.54) is 15.6 Å². The second-order valence-electron chi connectivity index (χ2n) is 7.54. The monoisotopic (exact) mass is 490 g/mol. The van der Waals surface area contributed by atoms with Gasteiger partial charge in [-0.15, -0.1) is 11.3 Å². The molecule has 1 aliphatic rings. The molecule has 1 aliphatic heterocycles. The van der Waals surface area contributed by atoms with Crippen LogP contribution in [0.25, 0.3) is 11.3 Å². The molecule has 168 valence electrons. The van der Waals surface area contributed by atoms with Gasteiger partial charge < -0.3 is 4.74 Å². The molecule has 2 unspecified atom stereocenters. The lowest BCUT2D eigenvalue weighted by atomic mass is 10.2. The van der Waals surface area contributed by atoms with Gasteiger partial charge in [0.05, 0.1) is 29.0 Å². The van der Waals surface area contributed by atoms with Gasteiger partial charge >= 0.3 is 0 Å². The minimum atomic E-state index is -3.62. The van der Waals surface area contributed by atoms with Crippen molar-refractivity contribution in [2.45, 2.75) is 31.0 Å². The Labute approximate surface area is 196 Å². The number of hydrazone groups is 1. The minimum absolute atomic E-state index is 0.143. The lowest BCUT2D eigenvalue weighted by molar-refractivity contribution is -0.0440. The van der Waals surface area contributed by atoms with Crippen LogP contribution in [-0.2, 0) is 14.8 Å². The van der Waals surface area contributed by atoms with E-state index in [9.17, 15) is 8.42 Å². The Hall–Kier alpha value is -2.30. The summed E-state index contributed by atoms with van der Waals surface area (Å²) in [6.07, 6.45) is 1.34. The van der Waals surface area contributed by atoms with Gasteiger partial charge in [-0.3, -0.25) is 5.43 Å². The highest BCUT2D eigenvalue weighted by atomic mass is 35.5. The van der Waals surface area contributed by atoms with E-state index in [4.69, 9.17) is 16.3 Å². The fraction of sp³-hybridized carbons (Fsp3) is 0.273. The van der Waals surface area contributed by atoms with Gasteiger partial charge in [-0.1, -0.05) is 41.9 Å². The zero-order valence-electron chi connectivity index (χ0n) is 17.6. The number of nitrogens with zero attached hydrogens (tertiary/aromatic N) is 3. The number of morpholine rings is 1. The SMILES string of the molecule is CC1CN(S(=O)(=O)c2cccc(-c3csc(N/N=C/c4ccccc4Cl)n3)c2)CC(C)O1. The number of hydrogen-bond donors (Lipinski definition) is 1. The summed E-state index contributed by atoms with van der Waals surface area (Å²) in [7, 11) is -3.62. The third kappa shape index (κ3) is 5.19. The summed E-state index contributed by atoms with van der Waals surface area (Å²) in [5.74, 6) is 0. The molecular weight excluding hydrogens is 468 g/mol. The van der Waals surface area contributed by atoms with E-state index in [0.717, 1.165) is 11.1 Å². The Kier molecular flexibility index (Phi) is 6.92. The molecule has 2 atom stereocenters. The molecule has 7 nitrogen and oxygen atoms in total. The first-order valence-corrected chi connectivity index (χ1v) is 12.8. The number of rotatable bonds is 6. The Balaban J connectivity index is 1.50. The fourth-order valence-electron chi connectivity index (χ4n) is 3.49. The summed E-state index contributed by atoms with van der Waals surface area (Å²) in [5.41, 5.74) is 5.08. The molecule has 1 saturated heterocycles. The lowest BCUT2D eigenvalue weighted by Gasteiger charge is -2.34. The summed E-state index contributed by atoms with van der Waals surface area (Å²) < 4.78 is 33.5. The maximum atomic E-state index is 13.2. The van der Waals surface area contributed by atoms with E-state index >= 15 is 0 Å². The molecule has 0 amide bonds. The van der Waals surface area contributed by atoms with Crippen LogP contribution in [0.5, 0.6) is 0 Å². The Morgan fingerprint density at radius 1 is 1.19 bits per heavy atom. The number of thiazole rings is 1. The smallest absolute Gasteiger partial charge is 0.243 e. The number of halogens is 1. The van der Waals surface area contributed by atoms with Gasteiger partial charge in [0.2, 0.25) is 15.2 Å². The van der Waals surface area contributed by atoms with Crippen molar-refractivity contribution < 1.29 is 13.2 Å². The number of hydrogen-bond acceptors (Lipinski definition) is 7. The third-order valence-electron chi connectivity index (χ3n) is 4.93. The van der Waals surface area contributed by atoms with Gasteiger partial charge in [0, 0.05) is 34.6 Å². The highest BCUT2D eigenvalue weighted by molar-refractivity contribution is 7.89. The summed E-state index contributed by atoms with van der Waals surface area (Å²) in [6.45, 7) is 4.44. The molecule has 0 saturated carbocycles. The minimum Gasteiger partial charge on any atom is -0.373 e. The molecule has 1 fully saturated rings. The molecule has 1 aromatic heterocycles. The quantitative estimate of drug-likeness (QED) is 0.399. The van der Waals surface area contributed by atoms with Crippen molar-refractivity contribution >= 4 is 44.3 Å². The topological polar surface area (TPSA) is 83.9 Å². The molecule has 0 aliphatic carbocycles. The molecule has 10 heteroatoms. The molecule has 2 aromatic carbocycles. The first kappa shape index (κ1) is 22.9. The largest absolute Gasteiger partial charge is 0.373 e. The molecular formula is C22H23ClN4O3S2. The van der Waals surface area contributed by atoms with Crippen molar-refractivity contribution in [3.63, 3.8) is 0 Å².